The van der Waals surface area contributed by atoms with E-state index < -0.39 is 0 Å². The van der Waals surface area contributed by atoms with Gasteiger partial charge in [0, 0.05) is 62.1 Å². The summed E-state index contributed by atoms with van der Waals surface area (Å²) in [6.07, 6.45) is 3.27. The maximum atomic E-state index is 12.5. The van der Waals surface area contributed by atoms with Crippen LogP contribution in [0.3, 0.4) is 0 Å². The summed E-state index contributed by atoms with van der Waals surface area (Å²) in [6, 6.07) is 13.5. The van der Waals surface area contributed by atoms with Crippen molar-refractivity contribution in [2.24, 2.45) is 0 Å². The highest BCUT2D eigenvalue weighted by atomic mass is 16.3. The van der Waals surface area contributed by atoms with E-state index in [2.05, 4.69) is 42.5 Å². The molecule has 1 aliphatic heterocycles. The number of hydrogen-bond acceptors (Lipinski definition) is 9. The third-order valence-corrected chi connectivity index (χ3v) is 5.76. The molecule has 10 nitrogen and oxygen atoms in total. The number of hydrogen-bond donors (Lipinski definition) is 3. The molecule has 1 aromatic carbocycles. The van der Waals surface area contributed by atoms with Crippen molar-refractivity contribution in [2.75, 3.05) is 54.9 Å². The molecule has 0 atom stereocenters. The summed E-state index contributed by atoms with van der Waals surface area (Å²) in [7, 11) is 0. The standard InChI is InChI=1S/C24H28N8O2/c1-18-17-26-24(29-22(18)28-21-3-2-9-32(10-8-25)23(21)34)27-19-4-6-20(7-5-19)31-13-11-30(12-14-31)15-16-33/h2-7,9,17,33H,10-16H2,1H3,(H2,26,27,28,29). The lowest BCUT2D eigenvalue weighted by Gasteiger charge is -2.35. The zero-order valence-corrected chi connectivity index (χ0v) is 19.1. The highest BCUT2D eigenvalue weighted by Gasteiger charge is 2.16. The van der Waals surface area contributed by atoms with Crippen molar-refractivity contribution in [2.45, 2.75) is 13.5 Å². The second kappa shape index (κ2) is 10.8. The molecule has 0 saturated carbocycles. The molecule has 176 valence electrons. The number of nitriles is 1. The molecular weight excluding hydrogens is 432 g/mol. The second-order valence-corrected chi connectivity index (χ2v) is 8.09. The number of nitrogens with zero attached hydrogens (tertiary/aromatic N) is 6. The summed E-state index contributed by atoms with van der Waals surface area (Å²) in [5.41, 5.74) is 2.85. The first-order valence-electron chi connectivity index (χ1n) is 11.2. The largest absolute Gasteiger partial charge is 0.395 e. The van der Waals surface area contributed by atoms with E-state index >= 15 is 0 Å². The Balaban J connectivity index is 1.43. The molecule has 34 heavy (non-hydrogen) atoms. The van der Waals surface area contributed by atoms with E-state index in [4.69, 9.17) is 10.4 Å². The molecule has 0 radical (unpaired) electrons. The van der Waals surface area contributed by atoms with Crippen LogP contribution in [0, 0.1) is 18.3 Å². The van der Waals surface area contributed by atoms with Crippen molar-refractivity contribution in [1.29, 1.82) is 5.26 Å². The SMILES string of the molecule is Cc1cnc(Nc2ccc(N3CCN(CCO)CC3)cc2)nc1Nc1cccn(CC#N)c1=O. The molecule has 0 spiro atoms. The number of aliphatic hydroxyl groups excluding tert-OH is 1. The Bertz CT molecular complexity index is 1210. The Morgan fingerprint density at radius 3 is 2.59 bits per heavy atom. The Morgan fingerprint density at radius 2 is 1.88 bits per heavy atom. The smallest absolute Gasteiger partial charge is 0.275 e. The van der Waals surface area contributed by atoms with Crippen LogP contribution < -0.4 is 21.1 Å². The number of β-amino-alcohol motifs (C(OH)–C–C–N with tert-alkyl or cyclic N) is 1. The van der Waals surface area contributed by atoms with Crippen LogP contribution in [0.4, 0.5) is 28.8 Å². The number of anilines is 5. The monoisotopic (exact) mass is 460 g/mol. The Morgan fingerprint density at radius 1 is 1.12 bits per heavy atom. The number of aromatic nitrogens is 3. The third-order valence-electron chi connectivity index (χ3n) is 5.76. The van der Waals surface area contributed by atoms with Gasteiger partial charge in [-0.05, 0) is 43.3 Å². The molecule has 2 aromatic heterocycles. The topological polar surface area (TPSA) is 122 Å². The second-order valence-electron chi connectivity index (χ2n) is 8.09. The third kappa shape index (κ3) is 5.51. The van der Waals surface area contributed by atoms with Crippen molar-refractivity contribution in [3.8, 4) is 6.07 Å². The average molecular weight is 461 g/mol. The first kappa shape index (κ1) is 23.2. The average Bonchev–Trinajstić information content (AvgIpc) is 2.85. The maximum Gasteiger partial charge on any atom is 0.275 e. The lowest BCUT2D eigenvalue weighted by Crippen LogP contribution is -2.47. The normalized spacial score (nSPS) is 14.0. The highest BCUT2D eigenvalue weighted by molar-refractivity contribution is 5.63. The van der Waals surface area contributed by atoms with E-state index in [1.807, 2.05) is 25.1 Å². The summed E-state index contributed by atoms with van der Waals surface area (Å²) < 4.78 is 1.34. The molecule has 4 rings (SSSR count). The summed E-state index contributed by atoms with van der Waals surface area (Å²) >= 11 is 0. The van der Waals surface area contributed by atoms with Gasteiger partial charge in [-0.2, -0.15) is 10.2 Å². The molecule has 3 heterocycles. The van der Waals surface area contributed by atoms with Gasteiger partial charge in [-0.25, -0.2) is 4.98 Å². The van der Waals surface area contributed by atoms with E-state index in [0.29, 0.717) is 17.5 Å². The van der Waals surface area contributed by atoms with E-state index in [-0.39, 0.29) is 18.7 Å². The molecule has 0 unspecified atom stereocenters. The number of rotatable bonds is 8. The predicted molar refractivity (Wildman–Crippen MR) is 132 cm³/mol. The van der Waals surface area contributed by atoms with Gasteiger partial charge >= 0.3 is 0 Å². The molecule has 0 bridgehead atoms. The van der Waals surface area contributed by atoms with Crippen molar-refractivity contribution >= 4 is 28.8 Å². The van der Waals surface area contributed by atoms with Gasteiger partial charge in [0.1, 0.15) is 18.1 Å². The molecule has 0 aliphatic carbocycles. The number of aryl methyl sites for hydroxylation is 1. The number of nitrogens with one attached hydrogen (secondary N) is 2. The van der Waals surface area contributed by atoms with Crippen molar-refractivity contribution < 1.29 is 5.11 Å². The predicted octanol–water partition coefficient (Wildman–Crippen LogP) is 2.07. The van der Waals surface area contributed by atoms with E-state index in [9.17, 15) is 4.79 Å². The first-order valence-corrected chi connectivity index (χ1v) is 11.2. The summed E-state index contributed by atoms with van der Waals surface area (Å²) in [6.45, 7) is 6.51. The Hall–Kier alpha value is -3.94. The highest BCUT2D eigenvalue weighted by Crippen LogP contribution is 2.23. The molecule has 1 aliphatic rings. The number of benzene rings is 1. The molecule has 3 N–H and O–H groups in total. The van der Waals surface area contributed by atoms with Crippen LogP contribution in [0.5, 0.6) is 0 Å². The van der Waals surface area contributed by atoms with Gasteiger partial charge in [-0.1, -0.05) is 0 Å². The Labute approximate surface area is 198 Å². The van der Waals surface area contributed by atoms with Crippen molar-refractivity contribution in [1.82, 2.24) is 19.4 Å². The lowest BCUT2D eigenvalue weighted by molar-refractivity contribution is 0.189. The molecule has 1 fully saturated rings. The minimum atomic E-state index is -0.288. The van der Waals surface area contributed by atoms with Gasteiger partial charge in [0.15, 0.2) is 0 Å². The van der Waals surface area contributed by atoms with Crippen LogP contribution in [-0.2, 0) is 6.54 Å². The zero-order valence-electron chi connectivity index (χ0n) is 19.1. The van der Waals surface area contributed by atoms with Crippen LogP contribution in [-0.4, -0.2) is 63.9 Å². The van der Waals surface area contributed by atoms with E-state index in [1.165, 1.54) is 4.57 Å². The quantitative estimate of drug-likeness (QED) is 0.464. The Kier molecular flexibility index (Phi) is 7.37. The molecular formula is C24H28N8O2. The van der Waals surface area contributed by atoms with Crippen LogP contribution in [0.15, 0.2) is 53.6 Å². The van der Waals surface area contributed by atoms with Crippen LogP contribution in [0.2, 0.25) is 0 Å². The fraction of sp³-hybridized carbons (Fsp3) is 0.333. The fourth-order valence-electron chi connectivity index (χ4n) is 3.84. The summed E-state index contributed by atoms with van der Waals surface area (Å²) in [4.78, 5) is 26.0. The maximum absolute atomic E-state index is 12.5. The minimum Gasteiger partial charge on any atom is -0.395 e. The zero-order chi connectivity index (χ0) is 23.9. The summed E-state index contributed by atoms with van der Waals surface area (Å²) in [5, 5.41) is 24.3. The van der Waals surface area contributed by atoms with Crippen LogP contribution >= 0.6 is 0 Å². The molecule has 3 aromatic rings. The van der Waals surface area contributed by atoms with Gasteiger partial charge in [0.2, 0.25) is 5.95 Å². The van der Waals surface area contributed by atoms with Gasteiger partial charge < -0.3 is 20.6 Å². The van der Waals surface area contributed by atoms with Gasteiger partial charge in [-0.15, -0.1) is 0 Å². The minimum absolute atomic E-state index is 0.0156. The van der Waals surface area contributed by atoms with Gasteiger partial charge in [0.25, 0.3) is 5.56 Å². The van der Waals surface area contributed by atoms with Crippen molar-refractivity contribution in [3.63, 3.8) is 0 Å². The molecule has 1 saturated heterocycles. The first-order chi connectivity index (χ1) is 16.6. The molecule has 0 amide bonds. The van der Waals surface area contributed by atoms with Gasteiger partial charge in [-0.3, -0.25) is 14.3 Å². The van der Waals surface area contributed by atoms with Gasteiger partial charge in [0.05, 0.1) is 12.7 Å². The van der Waals surface area contributed by atoms with Crippen LogP contribution in [0.1, 0.15) is 5.56 Å². The number of piperazine rings is 1. The number of aliphatic hydroxyl groups is 1. The number of pyridine rings is 1. The van der Waals surface area contributed by atoms with Crippen molar-refractivity contribution in [3.05, 3.63) is 64.7 Å². The lowest BCUT2D eigenvalue weighted by atomic mass is 10.2. The van der Waals surface area contributed by atoms with E-state index in [1.54, 1.807) is 24.5 Å². The summed E-state index contributed by atoms with van der Waals surface area (Å²) in [5.74, 6) is 0.924. The molecule has 10 heteroatoms. The van der Waals surface area contributed by atoms with E-state index in [0.717, 1.165) is 49.7 Å². The fourth-order valence-corrected chi connectivity index (χ4v) is 3.84. The van der Waals surface area contributed by atoms with Crippen LogP contribution in [0.25, 0.3) is 0 Å².